The summed E-state index contributed by atoms with van der Waals surface area (Å²) < 4.78 is 1.96. The van der Waals surface area contributed by atoms with E-state index in [1.807, 2.05) is 29.8 Å². The van der Waals surface area contributed by atoms with Gasteiger partial charge < -0.3 is 5.32 Å². The van der Waals surface area contributed by atoms with Gasteiger partial charge in [0.25, 0.3) is 0 Å². The number of imidazole rings is 1. The average Bonchev–Trinajstić information content (AvgIpc) is 3.04. The van der Waals surface area contributed by atoms with Crippen LogP contribution in [-0.2, 0) is 4.79 Å². The van der Waals surface area contributed by atoms with Crippen LogP contribution in [0.15, 0.2) is 35.7 Å². The second-order valence-electron chi connectivity index (χ2n) is 5.75. The number of rotatable bonds is 7. The predicted octanol–water partition coefficient (Wildman–Crippen LogP) is 3.21. The fraction of sp³-hybridized carbons (Fsp3) is 0.389. The molecular formula is C18H24N4O2S. The number of aryl methyl sites for hydroxylation is 1. The lowest BCUT2D eigenvalue weighted by atomic mass is 10.1. The zero-order chi connectivity index (χ0) is 18.2. The number of aromatic nitrogens is 2. The Morgan fingerprint density at radius 3 is 2.84 bits per heavy atom. The Bertz CT molecular complexity index is 742. The quantitative estimate of drug-likeness (QED) is 0.587. The Labute approximate surface area is 152 Å². The number of amides is 3. The van der Waals surface area contributed by atoms with Crippen LogP contribution >= 0.6 is 11.8 Å². The summed E-state index contributed by atoms with van der Waals surface area (Å²) in [6.45, 7) is 6.73. The maximum atomic E-state index is 11.9. The lowest BCUT2D eigenvalue weighted by Crippen LogP contribution is -2.40. The second-order valence-corrected chi connectivity index (χ2v) is 6.69. The molecule has 1 heterocycles. The van der Waals surface area contributed by atoms with Crippen molar-refractivity contribution in [1.82, 2.24) is 20.2 Å². The van der Waals surface area contributed by atoms with Crippen LogP contribution in [0.4, 0.5) is 4.79 Å². The Hall–Kier alpha value is -2.28. The van der Waals surface area contributed by atoms with Crippen molar-refractivity contribution in [2.45, 2.75) is 38.8 Å². The van der Waals surface area contributed by atoms with E-state index >= 15 is 0 Å². The summed E-state index contributed by atoms with van der Waals surface area (Å²) in [5, 5.41) is 5.71. The highest BCUT2D eigenvalue weighted by atomic mass is 32.2. The molecule has 6 nitrogen and oxygen atoms in total. The molecule has 0 atom stereocenters. The van der Waals surface area contributed by atoms with Crippen molar-refractivity contribution in [3.63, 3.8) is 0 Å². The summed E-state index contributed by atoms with van der Waals surface area (Å²) in [5.74, 6) is -0.210. The summed E-state index contributed by atoms with van der Waals surface area (Å²) in [6, 6.07) is 5.64. The Morgan fingerprint density at radius 2 is 2.08 bits per heavy atom. The molecule has 0 saturated carbocycles. The molecule has 0 unspecified atom stereocenters. The first-order valence-corrected chi connectivity index (χ1v) is 9.32. The third-order valence-corrected chi connectivity index (χ3v) is 4.81. The highest BCUT2D eigenvalue weighted by Crippen LogP contribution is 2.24. The van der Waals surface area contributed by atoms with Crippen molar-refractivity contribution < 1.29 is 9.59 Å². The lowest BCUT2D eigenvalue weighted by Gasteiger charge is -2.12. The number of thioether (sulfide) groups is 1. The van der Waals surface area contributed by atoms with E-state index in [1.165, 1.54) is 22.9 Å². The first-order chi connectivity index (χ1) is 12.0. The summed E-state index contributed by atoms with van der Waals surface area (Å²) in [4.78, 5) is 27.8. The largest absolute Gasteiger partial charge is 0.338 e. The molecule has 0 fully saturated rings. The molecule has 2 N–H and O–H groups in total. The van der Waals surface area contributed by atoms with Crippen molar-refractivity contribution >= 4 is 23.7 Å². The highest BCUT2D eigenvalue weighted by molar-refractivity contribution is 7.99. The number of carbonyl (C=O) groups excluding carboxylic acids is 2. The molecule has 0 saturated heterocycles. The fourth-order valence-corrected chi connectivity index (χ4v) is 3.06. The topological polar surface area (TPSA) is 76.0 Å². The number of benzene rings is 1. The van der Waals surface area contributed by atoms with E-state index in [0.717, 1.165) is 23.7 Å². The molecule has 0 radical (unpaired) electrons. The Balaban J connectivity index is 1.94. The Kier molecular flexibility index (Phi) is 7.06. The molecule has 1 aromatic carbocycles. The van der Waals surface area contributed by atoms with Crippen LogP contribution < -0.4 is 10.6 Å². The van der Waals surface area contributed by atoms with E-state index in [2.05, 4.69) is 35.5 Å². The van der Waals surface area contributed by atoms with Crippen LogP contribution in [0, 0.1) is 13.8 Å². The number of hydrogen-bond donors (Lipinski definition) is 2. The van der Waals surface area contributed by atoms with Crippen LogP contribution in [-0.4, -0.2) is 33.8 Å². The van der Waals surface area contributed by atoms with Gasteiger partial charge in [-0.1, -0.05) is 37.2 Å². The van der Waals surface area contributed by atoms with E-state index in [0.29, 0.717) is 6.54 Å². The zero-order valence-electron chi connectivity index (χ0n) is 14.8. The second kappa shape index (κ2) is 9.27. The van der Waals surface area contributed by atoms with Crippen molar-refractivity contribution in [2.24, 2.45) is 0 Å². The van der Waals surface area contributed by atoms with Crippen LogP contribution in [0.2, 0.25) is 0 Å². The minimum atomic E-state index is -0.447. The van der Waals surface area contributed by atoms with Gasteiger partial charge in [-0.05, 0) is 37.5 Å². The smallest absolute Gasteiger partial charge is 0.321 e. The van der Waals surface area contributed by atoms with Gasteiger partial charge in [0.05, 0.1) is 11.4 Å². The lowest BCUT2D eigenvalue weighted by molar-refractivity contribution is -0.117. The number of carbonyl (C=O) groups is 2. The van der Waals surface area contributed by atoms with Gasteiger partial charge in [0.15, 0.2) is 5.16 Å². The average molecular weight is 360 g/mol. The monoisotopic (exact) mass is 360 g/mol. The van der Waals surface area contributed by atoms with Gasteiger partial charge in [-0.3, -0.25) is 14.7 Å². The fourth-order valence-electron chi connectivity index (χ4n) is 2.29. The van der Waals surface area contributed by atoms with Crippen molar-refractivity contribution in [3.8, 4) is 5.69 Å². The summed E-state index contributed by atoms with van der Waals surface area (Å²) in [5.41, 5.74) is 3.41. The molecule has 0 aliphatic heterocycles. The molecule has 0 aliphatic rings. The minimum absolute atomic E-state index is 0.128. The number of nitrogens with one attached hydrogen (secondary N) is 2. The van der Waals surface area contributed by atoms with Crippen LogP contribution in [0.1, 0.15) is 30.9 Å². The third kappa shape index (κ3) is 5.35. The summed E-state index contributed by atoms with van der Waals surface area (Å²) >= 11 is 1.30. The van der Waals surface area contributed by atoms with Crippen molar-refractivity contribution in [3.05, 3.63) is 41.7 Å². The van der Waals surface area contributed by atoms with E-state index in [1.54, 1.807) is 6.20 Å². The Morgan fingerprint density at radius 1 is 1.28 bits per heavy atom. The van der Waals surface area contributed by atoms with Gasteiger partial charge in [-0.25, -0.2) is 9.78 Å². The highest BCUT2D eigenvalue weighted by Gasteiger charge is 2.12. The summed E-state index contributed by atoms with van der Waals surface area (Å²) in [7, 11) is 0. The van der Waals surface area contributed by atoms with Gasteiger partial charge in [-0.15, -0.1) is 0 Å². The molecule has 0 spiro atoms. The van der Waals surface area contributed by atoms with Gasteiger partial charge in [0.2, 0.25) is 5.91 Å². The maximum Gasteiger partial charge on any atom is 0.321 e. The number of urea groups is 1. The number of nitrogens with zero attached hydrogens (tertiary/aromatic N) is 2. The zero-order valence-corrected chi connectivity index (χ0v) is 15.7. The van der Waals surface area contributed by atoms with Gasteiger partial charge in [0, 0.05) is 18.9 Å². The third-order valence-electron chi connectivity index (χ3n) is 3.84. The van der Waals surface area contributed by atoms with E-state index in [9.17, 15) is 9.59 Å². The first kappa shape index (κ1) is 19.1. The first-order valence-electron chi connectivity index (χ1n) is 8.33. The standard InChI is InChI=1S/C18H24N4O2S/c1-4-5-9-19-17(24)21-16(23)12-25-18-20-10-11-22(18)15-8-6-7-13(2)14(15)3/h6-8,10-11H,4-5,9,12H2,1-3H3,(H2,19,21,23,24). The van der Waals surface area contributed by atoms with E-state index in [-0.39, 0.29) is 11.7 Å². The van der Waals surface area contributed by atoms with Crippen LogP contribution in [0.5, 0.6) is 0 Å². The van der Waals surface area contributed by atoms with E-state index in [4.69, 9.17) is 0 Å². The van der Waals surface area contributed by atoms with E-state index < -0.39 is 6.03 Å². The molecular weight excluding hydrogens is 336 g/mol. The summed E-state index contributed by atoms with van der Waals surface area (Å²) in [6.07, 6.45) is 5.47. The van der Waals surface area contributed by atoms with Crippen LogP contribution in [0.3, 0.4) is 0 Å². The number of unbranched alkanes of at least 4 members (excludes halogenated alkanes) is 1. The molecule has 25 heavy (non-hydrogen) atoms. The van der Waals surface area contributed by atoms with Gasteiger partial charge >= 0.3 is 6.03 Å². The normalized spacial score (nSPS) is 10.5. The predicted molar refractivity (Wildman–Crippen MR) is 100 cm³/mol. The van der Waals surface area contributed by atoms with Gasteiger partial charge in [-0.2, -0.15) is 0 Å². The molecule has 2 rings (SSSR count). The van der Waals surface area contributed by atoms with Crippen molar-refractivity contribution in [2.75, 3.05) is 12.3 Å². The molecule has 3 amide bonds. The SMILES string of the molecule is CCCCNC(=O)NC(=O)CSc1nccn1-c1cccc(C)c1C. The number of hydrogen-bond acceptors (Lipinski definition) is 4. The minimum Gasteiger partial charge on any atom is -0.338 e. The molecule has 1 aromatic heterocycles. The van der Waals surface area contributed by atoms with Gasteiger partial charge in [0.1, 0.15) is 0 Å². The maximum absolute atomic E-state index is 11.9. The van der Waals surface area contributed by atoms with Crippen LogP contribution in [0.25, 0.3) is 5.69 Å². The molecule has 134 valence electrons. The molecule has 7 heteroatoms. The molecule has 0 aliphatic carbocycles. The molecule has 2 aromatic rings. The molecule has 0 bridgehead atoms. The number of imide groups is 1. The van der Waals surface area contributed by atoms with Crippen molar-refractivity contribution in [1.29, 1.82) is 0 Å².